The van der Waals surface area contributed by atoms with E-state index in [4.69, 9.17) is 0 Å². The third-order valence-corrected chi connectivity index (χ3v) is 10.4. The Kier molecular flexibility index (Phi) is 4.11. The number of H-pyrrole nitrogens is 1. The first-order valence-electron chi connectivity index (χ1n) is 10.8. The highest BCUT2D eigenvalue weighted by atomic mass is 32.2. The molecular weight excluding hydrogens is 384 g/mol. The predicted molar refractivity (Wildman–Crippen MR) is 114 cm³/mol. The molecule has 29 heavy (non-hydrogen) atoms. The summed E-state index contributed by atoms with van der Waals surface area (Å²) in [5.74, 6) is 0.632. The SMILES string of the molecule is CC[C@@H]1CN(S(=O)(=O)C[C@@]23CC[C@@H](CC2=O)C3(C)C)Cc2[nH]c3ccccc3c21. The predicted octanol–water partition coefficient (Wildman–Crippen LogP) is 4.20. The van der Waals surface area contributed by atoms with Crippen molar-refractivity contribution in [2.75, 3.05) is 12.3 Å². The van der Waals surface area contributed by atoms with E-state index in [0.29, 0.717) is 31.8 Å². The van der Waals surface area contributed by atoms with Crippen molar-refractivity contribution in [2.45, 2.75) is 58.9 Å². The molecule has 156 valence electrons. The summed E-state index contributed by atoms with van der Waals surface area (Å²) in [5, 5.41) is 1.20. The maximum atomic E-state index is 13.6. The van der Waals surface area contributed by atoms with Crippen LogP contribution < -0.4 is 0 Å². The molecule has 0 spiro atoms. The van der Waals surface area contributed by atoms with Crippen LogP contribution in [0.2, 0.25) is 0 Å². The zero-order valence-corrected chi connectivity index (χ0v) is 18.3. The minimum absolute atomic E-state index is 0.0334. The van der Waals surface area contributed by atoms with Gasteiger partial charge in [0.25, 0.3) is 0 Å². The molecule has 3 aliphatic rings. The Morgan fingerprint density at radius 1 is 1.24 bits per heavy atom. The highest BCUT2D eigenvalue weighted by Gasteiger charge is 2.65. The van der Waals surface area contributed by atoms with Crippen molar-refractivity contribution in [3.63, 3.8) is 0 Å². The maximum Gasteiger partial charge on any atom is 0.215 e. The van der Waals surface area contributed by atoms with E-state index in [1.54, 1.807) is 4.31 Å². The summed E-state index contributed by atoms with van der Waals surface area (Å²) >= 11 is 0. The first-order valence-corrected chi connectivity index (χ1v) is 12.4. The van der Waals surface area contributed by atoms with Gasteiger partial charge in [-0.15, -0.1) is 0 Å². The number of aromatic amines is 1. The van der Waals surface area contributed by atoms with Crippen molar-refractivity contribution in [3.8, 4) is 0 Å². The van der Waals surface area contributed by atoms with E-state index < -0.39 is 15.4 Å². The molecule has 5 nitrogen and oxygen atoms in total. The third-order valence-electron chi connectivity index (χ3n) is 8.45. The lowest BCUT2D eigenvalue weighted by molar-refractivity contribution is -0.128. The van der Waals surface area contributed by atoms with Crippen molar-refractivity contribution >= 4 is 26.7 Å². The number of sulfonamides is 1. The summed E-state index contributed by atoms with van der Waals surface area (Å²) < 4.78 is 28.8. The number of hydrogen-bond donors (Lipinski definition) is 1. The average molecular weight is 415 g/mol. The van der Waals surface area contributed by atoms with Gasteiger partial charge in [-0.2, -0.15) is 4.31 Å². The fourth-order valence-electron chi connectivity index (χ4n) is 6.44. The second kappa shape index (κ2) is 6.17. The number of para-hydroxylation sites is 1. The highest BCUT2D eigenvalue weighted by molar-refractivity contribution is 7.89. The molecular formula is C23H30N2O3S. The van der Waals surface area contributed by atoms with Crippen LogP contribution in [-0.2, 0) is 21.4 Å². The second-order valence-corrected chi connectivity index (χ2v) is 11.9. The number of carbonyl (C=O) groups excluding carboxylic acids is 1. The Hall–Kier alpha value is -1.66. The molecule has 0 unspecified atom stereocenters. The zero-order valence-electron chi connectivity index (χ0n) is 17.5. The van der Waals surface area contributed by atoms with Crippen molar-refractivity contribution in [1.29, 1.82) is 0 Å². The van der Waals surface area contributed by atoms with Crippen LogP contribution in [-0.4, -0.2) is 35.8 Å². The molecule has 2 bridgehead atoms. The average Bonchev–Trinajstić information content (AvgIpc) is 3.23. The summed E-state index contributed by atoms with van der Waals surface area (Å²) in [7, 11) is -3.55. The number of ketones is 1. The number of rotatable bonds is 4. The molecule has 1 N–H and O–H groups in total. The topological polar surface area (TPSA) is 70.2 Å². The highest BCUT2D eigenvalue weighted by Crippen LogP contribution is 2.64. The Bertz CT molecular complexity index is 1100. The molecule has 2 aromatic rings. The molecule has 5 rings (SSSR count). The van der Waals surface area contributed by atoms with Gasteiger partial charge < -0.3 is 4.98 Å². The van der Waals surface area contributed by atoms with E-state index in [9.17, 15) is 13.2 Å². The zero-order chi connectivity index (χ0) is 20.6. The van der Waals surface area contributed by atoms with Gasteiger partial charge in [0.05, 0.1) is 12.3 Å². The maximum absolute atomic E-state index is 13.6. The number of Topliss-reactive ketones (excluding diaryl/α,β-unsaturated/α-hetero) is 1. The molecule has 2 saturated carbocycles. The number of carbonyl (C=O) groups is 1. The third kappa shape index (κ3) is 2.54. The van der Waals surface area contributed by atoms with E-state index in [1.165, 1.54) is 10.9 Å². The fourth-order valence-corrected chi connectivity index (χ4v) is 8.66. The largest absolute Gasteiger partial charge is 0.357 e. The van der Waals surface area contributed by atoms with Crippen molar-refractivity contribution in [2.24, 2.45) is 16.7 Å². The van der Waals surface area contributed by atoms with Gasteiger partial charge in [0.15, 0.2) is 0 Å². The number of fused-ring (bicyclic) bond motifs is 5. The van der Waals surface area contributed by atoms with E-state index in [0.717, 1.165) is 24.1 Å². The number of benzene rings is 1. The molecule has 0 radical (unpaired) electrons. The number of nitrogens with zero attached hydrogens (tertiary/aromatic N) is 1. The van der Waals surface area contributed by atoms with Gasteiger partial charge in [0.2, 0.25) is 10.0 Å². The number of nitrogens with one attached hydrogen (secondary N) is 1. The molecule has 3 atom stereocenters. The molecule has 1 aromatic carbocycles. The minimum atomic E-state index is -3.55. The van der Waals surface area contributed by atoms with Gasteiger partial charge in [0.1, 0.15) is 5.78 Å². The van der Waals surface area contributed by atoms with Crippen molar-refractivity contribution in [3.05, 3.63) is 35.5 Å². The van der Waals surface area contributed by atoms with Crippen LogP contribution in [0.1, 0.15) is 63.6 Å². The number of aromatic nitrogens is 1. The monoisotopic (exact) mass is 414 g/mol. The molecule has 2 heterocycles. The van der Waals surface area contributed by atoms with E-state index in [-0.39, 0.29) is 22.9 Å². The normalized spacial score (nSPS) is 31.5. The first-order chi connectivity index (χ1) is 13.7. The van der Waals surface area contributed by atoms with Crippen LogP contribution in [0.4, 0.5) is 0 Å². The number of hydrogen-bond acceptors (Lipinski definition) is 3. The molecule has 2 fully saturated rings. The minimum Gasteiger partial charge on any atom is -0.357 e. The summed E-state index contributed by atoms with van der Waals surface area (Å²) in [4.78, 5) is 16.3. The first kappa shape index (κ1) is 19.3. The molecule has 0 saturated heterocycles. The van der Waals surface area contributed by atoms with Gasteiger partial charge in [-0.25, -0.2) is 8.42 Å². The Labute approximate surface area is 172 Å². The Morgan fingerprint density at radius 3 is 2.66 bits per heavy atom. The summed E-state index contributed by atoms with van der Waals surface area (Å²) in [5.41, 5.74) is 2.40. The van der Waals surface area contributed by atoms with E-state index >= 15 is 0 Å². The standard InChI is InChI=1S/C23H30N2O3S/c1-4-15-12-25(13-19-21(15)17-7-5-6-8-18(17)24-19)29(27,28)14-23-10-9-16(11-20(23)26)22(23,2)3/h5-8,15-16,24H,4,9-14H2,1-3H3/t15-,16+,23+/m1/s1. The Morgan fingerprint density at radius 2 is 2.00 bits per heavy atom. The van der Waals surface area contributed by atoms with Gasteiger partial charge in [-0.3, -0.25) is 4.79 Å². The quantitative estimate of drug-likeness (QED) is 0.815. The van der Waals surface area contributed by atoms with Crippen LogP contribution in [0, 0.1) is 16.7 Å². The van der Waals surface area contributed by atoms with Crippen LogP contribution in [0.25, 0.3) is 10.9 Å². The fraction of sp³-hybridized carbons (Fsp3) is 0.609. The molecule has 0 amide bonds. The van der Waals surface area contributed by atoms with Gasteiger partial charge in [0, 0.05) is 35.0 Å². The van der Waals surface area contributed by atoms with E-state index in [2.05, 4.69) is 37.9 Å². The van der Waals surface area contributed by atoms with Gasteiger partial charge in [-0.1, -0.05) is 39.0 Å². The smallest absolute Gasteiger partial charge is 0.215 e. The lowest BCUT2D eigenvalue weighted by atomic mass is 9.70. The van der Waals surface area contributed by atoms with Crippen LogP contribution >= 0.6 is 0 Å². The molecule has 1 aliphatic heterocycles. The van der Waals surface area contributed by atoms with Crippen molar-refractivity contribution in [1.82, 2.24) is 9.29 Å². The second-order valence-electron chi connectivity index (χ2n) is 9.88. The van der Waals surface area contributed by atoms with Crippen molar-refractivity contribution < 1.29 is 13.2 Å². The van der Waals surface area contributed by atoms with E-state index in [1.807, 2.05) is 12.1 Å². The van der Waals surface area contributed by atoms with Crippen LogP contribution in [0.15, 0.2) is 24.3 Å². The molecule has 1 aromatic heterocycles. The Balaban J connectivity index is 1.50. The van der Waals surface area contributed by atoms with Crippen LogP contribution in [0.3, 0.4) is 0 Å². The van der Waals surface area contributed by atoms with Crippen LogP contribution in [0.5, 0.6) is 0 Å². The summed E-state index contributed by atoms with van der Waals surface area (Å²) in [6.45, 7) is 7.20. The molecule has 2 aliphatic carbocycles. The van der Waals surface area contributed by atoms with Gasteiger partial charge in [-0.05, 0) is 48.1 Å². The summed E-state index contributed by atoms with van der Waals surface area (Å²) in [6.07, 6.45) is 3.12. The van der Waals surface area contributed by atoms with Gasteiger partial charge >= 0.3 is 0 Å². The summed E-state index contributed by atoms with van der Waals surface area (Å²) in [6, 6.07) is 8.21. The lowest BCUT2D eigenvalue weighted by Gasteiger charge is -2.39. The molecule has 6 heteroatoms. The lowest BCUT2D eigenvalue weighted by Crippen LogP contribution is -2.48.